The minimum Gasteiger partial charge on any atom is -0.444 e. The van der Waals surface area contributed by atoms with Crippen LogP contribution in [0.2, 0.25) is 0 Å². The van der Waals surface area contributed by atoms with Crippen LogP contribution in [0.4, 0.5) is 20.6 Å². The van der Waals surface area contributed by atoms with Crippen LogP contribution in [0.5, 0.6) is 0 Å². The molecule has 2 amide bonds. The lowest BCUT2D eigenvalue weighted by Crippen LogP contribution is -2.40. The molecule has 1 aromatic carbocycles. The van der Waals surface area contributed by atoms with Gasteiger partial charge in [0.25, 0.3) is 0 Å². The molecule has 0 aromatic heterocycles. The Balaban J connectivity index is 2.05. The quantitative estimate of drug-likeness (QED) is 0.859. The predicted molar refractivity (Wildman–Crippen MR) is 95.2 cm³/mol. The number of hydrogen-bond acceptors (Lipinski definition) is 5. The molecule has 1 aliphatic heterocycles. The van der Waals surface area contributed by atoms with Gasteiger partial charge in [-0.1, -0.05) is 0 Å². The Morgan fingerprint density at radius 3 is 2.81 bits per heavy atom. The zero-order valence-electron chi connectivity index (χ0n) is 15.1. The summed E-state index contributed by atoms with van der Waals surface area (Å²) in [4.78, 5) is 25.5. The van der Waals surface area contributed by atoms with Gasteiger partial charge >= 0.3 is 6.09 Å². The fraction of sp³-hybridized carbons (Fsp3) is 0.500. The lowest BCUT2D eigenvalue weighted by molar-refractivity contribution is -0.115. The third kappa shape index (κ3) is 5.62. The maximum atomic E-state index is 13.6. The van der Waals surface area contributed by atoms with Gasteiger partial charge in [-0.25, -0.2) is 9.18 Å². The summed E-state index contributed by atoms with van der Waals surface area (Å²) >= 11 is 0. The van der Waals surface area contributed by atoms with Crippen LogP contribution >= 0.6 is 0 Å². The van der Waals surface area contributed by atoms with Crippen LogP contribution in [-0.2, 0) is 9.53 Å². The number of rotatable bonds is 4. The highest BCUT2D eigenvalue weighted by atomic mass is 19.1. The molecule has 0 bridgehead atoms. The largest absolute Gasteiger partial charge is 0.444 e. The number of hydrogen-bond donors (Lipinski definition) is 2. The molecule has 0 radical (unpaired) electrons. The van der Waals surface area contributed by atoms with Gasteiger partial charge in [0, 0.05) is 13.1 Å². The lowest BCUT2D eigenvalue weighted by atomic mass is 10.2. The monoisotopic (exact) mass is 362 g/mol. The van der Waals surface area contributed by atoms with Gasteiger partial charge in [0.15, 0.2) is 0 Å². The number of carbonyl (C=O) groups is 2. The maximum Gasteiger partial charge on any atom is 0.407 e. The van der Waals surface area contributed by atoms with Crippen molar-refractivity contribution >= 4 is 23.4 Å². The molecule has 1 heterocycles. The Labute approximate surface area is 152 Å². The number of nitrogens with one attached hydrogen (secondary N) is 2. The van der Waals surface area contributed by atoms with Crippen molar-refractivity contribution in [3.8, 4) is 6.07 Å². The minimum atomic E-state index is -0.572. The summed E-state index contributed by atoms with van der Waals surface area (Å²) in [5.74, 6) is -0.981. The second-order valence-electron chi connectivity index (χ2n) is 7.12. The molecule has 1 saturated heterocycles. The third-order valence-electron chi connectivity index (χ3n) is 3.72. The first-order valence-corrected chi connectivity index (χ1v) is 8.39. The molecular weight excluding hydrogens is 339 g/mol. The minimum absolute atomic E-state index is 0.113. The van der Waals surface area contributed by atoms with Crippen LogP contribution in [0.15, 0.2) is 18.2 Å². The standard InChI is InChI=1S/C18H23FN4O3/c1-18(2,3)26-17(25)21-13-7-9-23(11-13)15-5-4-12(19)10-14(15)22-16(24)6-8-20/h4-5,10,13H,6-7,9,11H2,1-3H3,(H,21,25)(H,22,24). The molecule has 2 N–H and O–H groups in total. The van der Waals surface area contributed by atoms with E-state index in [2.05, 4.69) is 10.6 Å². The van der Waals surface area contributed by atoms with Crippen molar-refractivity contribution < 1.29 is 18.7 Å². The summed E-state index contributed by atoms with van der Waals surface area (Å²) in [6.45, 7) is 6.52. The second kappa shape index (κ2) is 8.04. The van der Waals surface area contributed by atoms with E-state index in [4.69, 9.17) is 10.00 Å². The summed E-state index contributed by atoms with van der Waals surface area (Å²) in [5, 5.41) is 14.0. The van der Waals surface area contributed by atoms with E-state index < -0.39 is 23.4 Å². The molecule has 0 spiro atoms. The second-order valence-corrected chi connectivity index (χ2v) is 7.12. The van der Waals surface area contributed by atoms with Crippen molar-refractivity contribution in [1.29, 1.82) is 5.26 Å². The van der Waals surface area contributed by atoms with Crippen LogP contribution < -0.4 is 15.5 Å². The van der Waals surface area contributed by atoms with Crippen LogP contribution in [0, 0.1) is 17.1 Å². The van der Waals surface area contributed by atoms with E-state index in [-0.39, 0.29) is 12.5 Å². The van der Waals surface area contributed by atoms with Crippen molar-refractivity contribution in [3.63, 3.8) is 0 Å². The highest BCUT2D eigenvalue weighted by Crippen LogP contribution is 2.30. The number of nitriles is 1. The molecule has 0 aliphatic carbocycles. The van der Waals surface area contributed by atoms with E-state index >= 15 is 0 Å². The number of carbonyl (C=O) groups excluding carboxylic acids is 2. The van der Waals surface area contributed by atoms with Gasteiger partial charge in [-0.3, -0.25) is 4.79 Å². The molecule has 1 unspecified atom stereocenters. The summed E-state index contributed by atoms with van der Waals surface area (Å²) in [6.07, 6.45) is -0.0907. The molecule has 1 aromatic rings. The third-order valence-corrected chi connectivity index (χ3v) is 3.72. The SMILES string of the molecule is CC(C)(C)OC(=O)NC1CCN(c2ccc(F)cc2NC(=O)CC#N)C1. The van der Waals surface area contributed by atoms with Crippen LogP contribution in [0.1, 0.15) is 33.6 Å². The molecule has 8 heteroatoms. The highest BCUT2D eigenvalue weighted by Gasteiger charge is 2.27. The number of nitrogens with zero attached hydrogens (tertiary/aromatic N) is 2. The number of amides is 2. The van der Waals surface area contributed by atoms with Gasteiger partial charge in [-0.2, -0.15) is 5.26 Å². The molecule has 1 fully saturated rings. The Hall–Kier alpha value is -2.82. The van der Waals surface area contributed by atoms with E-state index in [1.807, 2.05) is 4.90 Å². The van der Waals surface area contributed by atoms with E-state index in [0.717, 1.165) is 0 Å². The smallest absolute Gasteiger partial charge is 0.407 e. The van der Waals surface area contributed by atoms with E-state index in [9.17, 15) is 14.0 Å². The molecule has 2 rings (SSSR count). The van der Waals surface area contributed by atoms with E-state index in [1.54, 1.807) is 32.9 Å². The summed E-state index contributed by atoms with van der Waals surface area (Å²) < 4.78 is 18.8. The Kier molecular flexibility index (Phi) is 6.03. The molecule has 140 valence electrons. The number of alkyl carbamates (subject to hydrolysis) is 1. The lowest BCUT2D eigenvalue weighted by Gasteiger charge is -2.23. The molecule has 1 aliphatic rings. The zero-order valence-corrected chi connectivity index (χ0v) is 15.1. The van der Waals surface area contributed by atoms with Crippen molar-refractivity contribution in [2.75, 3.05) is 23.3 Å². The Morgan fingerprint density at radius 2 is 2.15 bits per heavy atom. The molecule has 7 nitrogen and oxygen atoms in total. The molecular formula is C18H23FN4O3. The Bertz CT molecular complexity index is 724. The highest BCUT2D eigenvalue weighted by molar-refractivity contribution is 5.95. The van der Waals surface area contributed by atoms with Crippen LogP contribution in [0.25, 0.3) is 0 Å². The summed E-state index contributed by atoms with van der Waals surface area (Å²) in [6, 6.07) is 5.75. The summed E-state index contributed by atoms with van der Waals surface area (Å²) in [5.41, 5.74) is 0.381. The predicted octanol–water partition coefficient (Wildman–Crippen LogP) is 2.78. The first-order chi connectivity index (χ1) is 12.2. The van der Waals surface area contributed by atoms with Crippen LogP contribution in [-0.4, -0.2) is 36.7 Å². The van der Waals surface area contributed by atoms with Gasteiger partial charge in [0.1, 0.15) is 17.8 Å². The fourth-order valence-electron chi connectivity index (χ4n) is 2.72. The van der Waals surface area contributed by atoms with E-state index in [0.29, 0.717) is 30.9 Å². The van der Waals surface area contributed by atoms with Gasteiger partial charge in [-0.05, 0) is 45.4 Å². The number of halogens is 1. The van der Waals surface area contributed by atoms with Crippen molar-refractivity contribution in [2.45, 2.75) is 45.3 Å². The van der Waals surface area contributed by atoms with Gasteiger partial charge in [0.2, 0.25) is 5.91 Å². The van der Waals surface area contributed by atoms with Gasteiger partial charge in [-0.15, -0.1) is 0 Å². The molecule has 26 heavy (non-hydrogen) atoms. The normalized spacial score (nSPS) is 16.7. The average molecular weight is 362 g/mol. The van der Waals surface area contributed by atoms with Crippen molar-refractivity contribution in [1.82, 2.24) is 5.32 Å². The zero-order chi connectivity index (χ0) is 19.3. The Morgan fingerprint density at radius 1 is 1.42 bits per heavy atom. The summed E-state index contributed by atoms with van der Waals surface area (Å²) in [7, 11) is 0. The van der Waals surface area contributed by atoms with E-state index in [1.165, 1.54) is 12.1 Å². The number of benzene rings is 1. The van der Waals surface area contributed by atoms with Crippen molar-refractivity contribution in [2.24, 2.45) is 0 Å². The fourth-order valence-corrected chi connectivity index (χ4v) is 2.72. The number of anilines is 2. The topological polar surface area (TPSA) is 94.5 Å². The maximum absolute atomic E-state index is 13.6. The van der Waals surface area contributed by atoms with Gasteiger partial charge < -0.3 is 20.3 Å². The molecule has 1 atom stereocenters. The van der Waals surface area contributed by atoms with Gasteiger partial charge in [0.05, 0.1) is 23.5 Å². The first-order valence-electron chi connectivity index (χ1n) is 8.39. The first kappa shape index (κ1) is 19.5. The molecule has 0 saturated carbocycles. The van der Waals surface area contributed by atoms with Crippen LogP contribution in [0.3, 0.4) is 0 Å². The number of ether oxygens (including phenoxy) is 1. The average Bonchev–Trinajstić information content (AvgIpc) is 2.93. The van der Waals surface area contributed by atoms with Crippen molar-refractivity contribution in [3.05, 3.63) is 24.0 Å².